The molecule has 2 aliphatic heterocycles. The van der Waals surface area contributed by atoms with Crippen LogP contribution in [0.3, 0.4) is 0 Å². The smallest absolute Gasteiger partial charge is 0.135 e. The summed E-state index contributed by atoms with van der Waals surface area (Å²) in [7, 11) is 2.18. The van der Waals surface area contributed by atoms with Gasteiger partial charge in [-0.25, -0.2) is 4.98 Å². The molecule has 1 aromatic heterocycles. The predicted molar refractivity (Wildman–Crippen MR) is 134 cm³/mol. The highest BCUT2D eigenvalue weighted by Crippen LogP contribution is 2.39. The molecule has 0 atom stereocenters. The molecule has 7 heteroatoms. The molecule has 2 aromatic rings. The van der Waals surface area contributed by atoms with Gasteiger partial charge in [-0.05, 0) is 63.5 Å². The number of aryl methyl sites for hydroxylation is 1. The molecule has 0 bridgehead atoms. The van der Waals surface area contributed by atoms with Crippen LogP contribution in [0.1, 0.15) is 42.5 Å². The van der Waals surface area contributed by atoms with Gasteiger partial charge in [0.1, 0.15) is 16.9 Å². The molecule has 4 rings (SSSR count). The molecule has 0 aliphatic carbocycles. The normalized spacial score (nSPS) is 18.7. The number of halogens is 1. The average Bonchev–Trinajstić information content (AvgIpc) is 2.98. The van der Waals surface area contributed by atoms with Crippen LogP contribution in [0, 0.1) is 11.3 Å². The Kier molecular flexibility index (Phi) is 7.46. The number of anilines is 1. The van der Waals surface area contributed by atoms with Crippen LogP contribution in [0.2, 0.25) is 0 Å². The summed E-state index contributed by atoms with van der Waals surface area (Å²) in [6, 6.07) is 10.9. The van der Waals surface area contributed by atoms with E-state index in [9.17, 15) is 5.26 Å². The maximum atomic E-state index is 10.1. The molecule has 3 heterocycles. The van der Waals surface area contributed by atoms with Gasteiger partial charge in [-0.1, -0.05) is 28.1 Å². The minimum atomic E-state index is -0.268. The number of nitriles is 1. The number of hydrogen-bond donors (Lipinski definition) is 0. The molecule has 32 heavy (non-hydrogen) atoms. The van der Waals surface area contributed by atoms with E-state index in [0.29, 0.717) is 6.61 Å². The fraction of sp³-hybridized carbons (Fsp3) is 0.520. The van der Waals surface area contributed by atoms with Crippen LogP contribution in [0.15, 0.2) is 33.8 Å². The lowest BCUT2D eigenvalue weighted by Gasteiger charge is -2.35. The molecule has 0 radical (unpaired) electrons. The van der Waals surface area contributed by atoms with E-state index in [-0.39, 0.29) is 5.60 Å². The van der Waals surface area contributed by atoms with E-state index in [2.05, 4.69) is 77.0 Å². The molecule has 2 aliphatic rings. The van der Waals surface area contributed by atoms with Gasteiger partial charge in [0.15, 0.2) is 0 Å². The number of likely N-dealkylation sites (N-methyl/N-ethyl adjacent to an activating group) is 1. The van der Waals surface area contributed by atoms with Crippen molar-refractivity contribution in [2.75, 3.05) is 43.9 Å². The molecule has 0 saturated carbocycles. The third-order valence-corrected chi connectivity index (χ3v) is 7.75. The van der Waals surface area contributed by atoms with Crippen molar-refractivity contribution >= 4 is 33.5 Å². The van der Waals surface area contributed by atoms with E-state index >= 15 is 0 Å². The van der Waals surface area contributed by atoms with Gasteiger partial charge in [-0.2, -0.15) is 5.26 Å². The van der Waals surface area contributed by atoms with Crippen LogP contribution >= 0.6 is 27.7 Å². The van der Waals surface area contributed by atoms with Crippen molar-refractivity contribution in [1.29, 1.82) is 5.26 Å². The van der Waals surface area contributed by atoms with Crippen LogP contribution in [-0.4, -0.2) is 54.5 Å². The number of pyridine rings is 1. The zero-order chi connectivity index (χ0) is 22.7. The second-order valence-corrected chi connectivity index (χ2v) is 11.3. The van der Waals surface area contributed by atoms with Gasteiger partial charge in [0.05, 0.1) is 17.8 Å². The fourth-order valence-corrected chi connectivity index (χ4v) is 5.64. The van der Waals surface area contributed by atoms with Gasteiger partial charge in [-0.3, -0.25) is 0 Å². The summed E-state index contributed by atoms with van der Waals surface area (Å²) < 4.78 is 7.26. The van der Waals surface area contributed by atoms with Crippen LogP contribution < -0.4 is 4.90 Å². The summed E-state index contributed by atoms with van der Waals surface area (Å²) in [5, 5.41) is 11.0. The van der Waals surface area contributed by atoms with Crippen molar-refractivity contribution in [1.82, 2.24) is 9.88 Å². The number of thioether (sulfide) groups is 1. The second kappa shape index (κ2) is 10.1. The van der Waals surface area contributed by atoms with Gasteiger partial charge in [-0.15, -0.1) is 11.8 Å². The molecule has 1 fully saturated rings. The number of nitrogens with zero attached hydrogens (tertiary/aromatic N) is 4. The Hall–Kier alpha value is -1.59. The van der Waals surface area contributed by atoms with Crippen LogP contribution in [0.4, 0.5) is 5.82 Å². The number of benzene rings is 1. The molecule has 170 valence electrons. The number of fused-ring (bicyclic) bond motifs is 1. The van der Waals surface area contributed by atoms with Gasteiger partial charge in [0.2, 0.25) is 0 Å². The maximum absolute atomic E-state index is 10.1. The van der Waals surface area contributed by atoms with Crippen molar-refractivity contribution in [3.63, 3.8) is 0 Å². The zero-order valence-corrected chi connectivity index (χ0v) is 21.6. The fourth-order valence-electron chi connectivity index (χ4n) is 4.38. The Morgan fingerprint density at radius 1 is 1.16 bits per heavy atom. The Balaban J connectivity index is 1.65. The van der Waals surface area contributed by atoms with E-state index in [1.54, 1.807) is 11.8 Å². The van der Waals surface area contributed by atoms with Gasteiger partial charge in [0.25, 0.3) is 0 Å². The summed E-state index contributed by atoms with van der Waals surface area (Å²) in [5.41, 5.74) is 4.02. The Morgan fingerprint density at radius 3 is 2.69 bits per heavy atom. The molecule has 0 unspecified atom stereocenters. The third kappa shape index (κ3) is 5.48. The summed E-state index contributed by atoms with van der Waals surface area (Å²) in [5.74, 6) is 1.92. The van der Waals surface area contributed by atoms with E-state index in [0.717, 1.165) is 83.2 Å². The molecule has 0 N–H and O–H groups in total. The first-order valence-electron chi connectivity index (χ1n) is 11.3. The van der Waals surface area contributed by atoms with Crippen molar-refractivity contribution in [3.05, 3.63) is 51.0 Å². The summed E-state index contributed by atoms with van der Waals surface area (Å²) >= 11 is 5.20. The minimum absolute atomic E-state index is 0.268. The number of aromatic nitrogens is 1. The van der Waals surface area contributed by atoms with Crippen molar-refractivity contribution in [2.45, 2.75) is 50.3 Å². The summed E-state index contributed by atoms with van der Waals surface area (Å²) in [6.45, 7) is 8.81. The summed E-state index contributed by atoms with van der Waals surface area (Å²) in [6.07, 6.45) is 2.81. The maximum Gasteiger partial charge on any atom is 0.135 e. The monoisotopic (exact) mass is 514 g/mol. The van der Waals surface area contributed by atoms with Crippen LogP contribution in [0.25, 0.3) is 0 Å². The highest BCUT2D eigenvalue weighted by molar-refractivity contribution is 9.10. The molecule has 0 amide bonds. The number of hydrogen-bond acceptors (Lipinski definition) is 6. The largest absolute Gasteiger partial charge is 0.370 e. The van der Waals surface area contributed by atoms with Crippen molar-refractivity contribution in [3.8, 4) is 6.07 Å². The summed E-state index contributed by atoms with van der Waals surface area (Å²) in [4.78, 5) is 9.89. The lowest BCUT2D eigenvalue weighted by Crippen LogP contribution is -2.36. The van der Waals surface area contributed by atoms with Crippen LogP contribution in [-0.2, 0) is 24.2 Å². The standard InChI is InChI=1S/C25H31BrN4OS/c1-25(2)15-20-21(16-27)24(32-14-9-18-5-7-19(26)8-6-18)28-23(22(20)17-31-25)30-11-4-10-29(3)12-13-30/h5-8H,4,9-15,17H2,1-3H3. The molecule has 5 nitrogen and oxygen atoms in total. The first-order valence-corrected chi connectivity index (χ1v) is 13.0. The Bertz CT molecular complexity index is 1000. The van der Waals surface area contributed by atoms with Gasteiger partial charge < -0.3 is 14.5 Å². The van der Waals surface area contributed by atoms with E-state index in [1.807, 2.05) is 0 Å². The lowest BCUT2D eigenvalue weighted by atomic mass is 9.89. The van der Waals surface area contributed by atoms with Crippen molar-refractivity contribution in [2.24, 2.45) is 0 Å². The molecule has 1 aromatic carbocycles. The molecule has 0 spiro atoms. The van der Waals surface area contributed by atoms with Crippen molar-refractivity contribution < 1.29 is 4.74 Å². The van der Waals surface area contributed by atoms with E-state index in [1.165, 1.54) is 5.56 Å². The van der Waals surface area contributed by atoms with E-state index in [4.69, 9.17) is 9.72 Å². The Labute approximate surface area is 204 Å². The zero-order valence-electron chi connectivity index (χ0n) is 19.2. The lowest BCUT2D eigenvalue weighted by molar-refractivity contribution is -0.0402. The molecule has 1 saturated heterocycles. The molecular formula is C25H31BrN4OS. The minimum Gasteiger partial charge on any atom is -0.370 e. The van der Waals surface area contributed by atoms with E-state index < -0.39 is 0 Å². The second-order valence-electron chi connectivity index (χ2n) is 9.28. The predicted octanol–water partition coefficient (Wildman–Crippen LogP) is 5.04. The first kappa shape index (κ1) is 23.6. The topological polar surface area (TPSA) is 52.4 Å². The van der Waals surface area contributed by atoms with Gasteiger partial charge in [0, 0.05) is 41.8 Å². The Morgan fingerprint density at radius 2 is 1.94 bits per heavy atom. The average molecular weight is 516 g/mol. The third-order valence-electron chi connectivity index (χ3n) is 6.24. The highest BCUT2D eigenvalue weighted by atomic mass is 79.9. The highest BCUT2D eigenvalue weighted by Gasteiger charge is 2.33. The SMILES string of the molecule is CN1CCCN(c2nc(SCCc3ccc(Br)cc3)c(C#N)c3c2COC(C)(C)C3)CC1. The quantitative estimate of drug-likeness (QED) is 0.520. The number of rotatable bonds is 5. The van der Waals surface area contributed by atoms with Gasteiger partial charge >= 0.3 is 0 Å². The van der Waals surface area contributed by atoms with Crippen LogP contribution in [0.5, 0.6) is 0 Å². The first-order chi connectivity index (χ1) is 15.4. The molecular weight excluding hydrogens is 484 g/mol. The number of ether oxygens (including phenoxy) is 1.